The summed E-state index contributed by atoms with van der Waals surface area (Å²) in [5.41, 5.74) is 0. The highest BCUT2D eigenvalue weighted by molar-refractivity contribution is 7.17. The first kappa shape index (κ1) is 13.4. The molecule has 2 rings (SSSR count). The van der Waals surface area contributed by atoms with Gasteiger partial charge in [-0.15, -0.1) is 10.2 Å². The molecule has 2 N–H and O–H groups in total. The molecule has 2 heterocycles. The topological polar surface area (TPSA) is 104 Å². The predicted molar refractivity (Wildman–Crippen MR) is 67.7 cm³/mol. The number of carbonyl (C=O) groups is 3. The third kappa shape index (κ3) is 2.70. The van der Waals surface area contributed by atoms with Gasteiger partial charge in [0, 0.05) is 6.54 Å². The Morgan fingerprint density at radius 2 is 2.26 bits per heavy atom. The molecular formula is C10H13N5O3S. The average Bonchev–Trinajstić information content (AvgIpc) is 2.82. The summed E-state index contributed by atoms with van der Waals surface area (Å²) in [6.07, 6.45) is 0. The standard InChI is InChI=1S/C10H13N5O3S/c1-3-11-10-14-13-8(19-10)9(18)15-4-6(16)12-7(17)5(15)2/h5H,3-4H2,1-2H3,(H,11,14)(H,12,16,17). The van der Waals surface area contributed by atoms with Crippen molar-refractivity contribution < 1.29 is 14.4 Å². The molecule has 0 aromatic carbocycles. The number of hydrogen-bond acceptors (Lipinski definition) is 7. The third-order valence-corrected chi connectivity index (χ3v) is 3.49. The van der Waals surface area contributed by atoms with Gasteiger partial charge >= 0.3 is 0 Å². The summed E-state index contributed by atoms with van der Waals surface area (Å²) in [6, 6.07) is -0.698. The van der Waals surface area contributed by atoms with Gasteiger partial charge in [-0.1, -0.05) is 11.3 Å². The molecule has 3 amide bonds. The smallest absolute Gasteiger partial charge is 0.286 e. The molecular weight excluding hydrogens is 270 g/mol. The number of piperazine rings is 1. The molecule has 0 saturated carbocycles. The Hall–Kier alpha value is -2.03. The fourth-order valence-electron chi connectivity index (χ4n) is 1.62. The van der Waals surface area contributed by atoms with Gasteiger partial charge in [-0.25, -0.2) is 0 Å². The number of anilines is 1. The lowest BCUT2D eigenvalue weighted by molar-refractivity contribution is -0.138. The average molecular weight is 283 g/mol. The number of aromatic nitrogens is 2. The molecule has 8 nitrogen and oxygen atoms in total. The zero-order chi connectivity index (χ0) is 14.0. The highest BCUT2D eigenvalue weighted by atomic mass is 32.1. The number of imide groups is 1. The molecule has 19 heavy (non-hydrogen) atoms. The van der Waals surface area contributed by atoms with Crippen molar-refractivity contribution in [3.8, 4) is 0 Å². The van der Waals surface area contributed by atoms with E-state index in [2.05, 4.69) is 20.8 Å². The van der Waals surface area contributed by atoms with Gasteiger partial charge in [0.15, 0.2) is 0 Å². The molecule has 9 heteroatoms. The molecule has 1 aromatic rings. The Morgan fingerprint density at radius 3 is 2.95 bits per heavy atom. The van der Waals surface area contributed by atoms with Gasteiger partial charge in [-0.2, -0.15) is 0 Å². The molecule has 1 aliphatic rings. The van der Waals surface area contributed by atoms with Crippen molar-refractivity contribution in [3.63, 3.8) is 0 Å². The lowest BCUT2D eigenvalue weighted by atomic mass is 10.2. The van der Waals surface area contributed by atoms with Crippen LogP contribution in [0, 0.1) is 0 Å². The molecule has 0 spiro atoms. The summed E-state index contributed by atoms with van der Waals surface area (Å²) in [7, 11) is 0. The van der Waals surface area contributed by atoms with E-state index in [4.69, 9.17) is 0 Å². The molecule has 1 atom stereocenters. The maximum Gasteiger partial charge on any atom is 0.286 e. The third-order valence-electron chi connectivity index (χ3n) is 2.62. The fraction of sp³-hybridized carbons (Fsp3) is 0.500. The normalized spacial score (nSPS) is 19.3. The SMILES string of the molecule is CCNc1nnc(C(=O)N2CC(=O)NC(=O)C2C)s1. The maximum atomic E-state index is 12.2. The van der Waals surface area contributed by atoms with E-state index in [-0.39, 0.29) is 11.6 Å². The van der Waals surface area contributed by atoms with Gasteiger partial charge in [0.05, 0.1) is 0 Å². The van der Waals surface area contributed by atoms with Gasteiger partial charge in [-0.3, -0.25) is 19.7 Å². The molecule has 0 aliphatic carbocycles. The van der Waals surface area contributed by atoms with Crippen LogP contribution in [0.1, 0.15) is 23.6 Å². The Kier molecular flexibility index (Phi) is 3.74. The first-order chi connectivity index (χ1) is 9.02. The zero-order valence-corrected chi connectivity index (χ0v) is 11.3. The van der Waals surface area contributed by atoms with Crippen LogP contribution in [0.2, 0.25) is 0 Å². The molecule has 1 saturated heterocycles. The van der Waals surface area contributed by atoms with Crippen LogP contribution >= 0.6 is 11.3 Å². The summed E-state index contributed by atoms with van der Waals surface area (Å²) < 4.78 is 0. The first-order valence-electron chi connectivity index (χ1n) is 5.75. The molecule has 0 radical (unpaired) electrons. The Bertz CT molecular complexity index is 529. The highest BCUT2D eigenvalue weighted by Gasteiger charge is 2.35. The number of hydrogen-bond donors (Lipinski definition) is 2. The minimum absolute atomic E-state index is 0.151. The lowest BCUT2D eigenvalue weighted by Gasteiger charge is -2.30. The quantitative estimate of drug-likeness (QED) is 0.722. The lowest BCUT2D eigenvalue weighted by Crippen LogP contribution is -2.58. The summed E-state index contributed by atoms with van der Waals surface area (Å²) in [5, 5.41) is 13.4. The number of amides is 3. The van der Waals surface area contributed by atoms with E-state index in [0.717, 1.165) is 11.3 Å². The fourth-order valence-corrected chi connectivity index (χ4v) is 2.38. The van der Waals surface area contributed by atoms with Crippen LogP contribution in [-0.2, 0) is 9.59 Å². The number of carbonyl (C=O) groups excluding carboxylic acids is 3. The maximum absolute atomic E-state index is 12.2. The minimum atomic E-state index is -0.698. The Labute approximate surface area is 113 Å². The van der Waals surface area contributed by atoms with Crippen LogP contribution in [0.25, 0.3) is 0 Å². The van der Waals surface area contributed by atoms with Crippen LogP contribution in [0.15, 0.2) is 0 Å². The van der Waals surface area contributed by atoms with Crippen molar-refractivity contribution in [1.29, 1.82) is 0 Å². The second kappa shape index (κ2) is 5.31. The van der Waals surface area contributed by atoms with Gasteiger partial charge in [0.25, 0.3) is 5.91 Å². The zero-order valence-electron chi connectivity index (χ0n) is 10.5. The van der Waals surface area contributed by atoms with E-state index < -0.39 is 23.8 Å². The second-order valence-electron chi connectivity index (χ2n) is 3.96. The summed E-state index contributed by atoms with van der Waals surface area (Å²) in [5.74, 6) is -1.44. The van der Waals surface area contributed by atoms with E-state index in [1.165, 1.54) is 4.90 Å². The molecule has 1 unspecified atom stereocenters. The summed E-state index contributed by atoms with van der Waals surface area (Å²) >= 11 is 1.10. The van der Waals surface area contributed by atoms with E-state index in [1.54, 1.807) is 6.92 Å². The number of nitrogens with one attached hydrogen (secondary N) is 2. The van der Waals surface area contributed by atoms with Crippen molar-refractivity contribution in [1.82, 2.24) is 20.4 Å². The van der Waals surface area contributed by atoms with E-state index in [9.17, 15) is 14.4 Å². The predicted octanol–water partition coefficient (Wildman–Crippen LogP) is -0.543. The largest absolute Gasteiger partial charge is 0.360 e. The Morgan fingerprint density at radius 1 is 1.53 bits per heavy atom. The van der Waals surface area contributed by atoms with Crippen LogP contribution in [-0.4, -0.2) is 52.0 Å². The van der Waals surface area contributed by atoms with Crippen LogP contribution < -0.4 is 10.6 Å². The van der Waals surface area contributed by atoms with Crippen molar-refractivity contribution >= 4 is 34.2 Å². The first-order valence-corrected chi connectivity index (χ1v) is 6.56. The summed E-state index contributed by atoms with van der Waals surface area (Å²) in [6.45, 7) is 3.98. The van der Waals surface area contributed by atoms with E-state index >= 15 is 0 Å². The highest BCUT2D eigenvalue weighted by Crippen LogP contribution is 2.18. The van der Waals surface area contributed by atoms with E-state index in [0.29, 0.717) is 11.7 Å². The minimum Gasteiger partial charge on any atom is -0.360 e. The Balaban J connectivity index is 2.17. The van der Waals surface area contributed by atoms with Crippen LogP contribution in [0.5, 0.6) is 0 Å². The number of nitrogens with zero attached hydrogens (tertiary/aromatic N) is 3. The van der Waals surface area contributed by atoms with E-state index in [1.807, 2.05) is 6.92 Å². The van der Waals surface area contributed by atoms with Crippen molar-refractivity contribution in [2.45, 2.75) is 19.9 Å². The van der Waals surface area contributed by atoms with Crippen LogP contribution in [0.3, 0.4) is 0 Å². The molecule has 0 bridgehead atoms. The van der Waals surface area contributed by atoms with Crippen molar-refractivity contribution in [2.24, 2.45) is 0 Å². The molecule has 1 aromatic heterocycles. The molecule has 102 valence electrons. The van der Waals surface area contributed by atoms with Gasteiger partial charge < -0.3 is 10.2 Å². The van der Waals surface area contributed by atoms with Gasteiger partial charge in [0.2, 0.25) is 22.0 Å². The monoisotopic (exact) mass is 283 g/mol. The second-order valence-corrected chi connectivity index (χ2v) is 4.94. The van der Waals surface area contributed by atoms with Gasteiger partial charge in [0.1, 0.15) is 12.6 Å². The van der Waals surface area contributed by atoms with Gasteiger partial charge in [-0.05, 0) is 13.8 Å². The van der Waals surface area contributed by atoms with Crippen molar-refractivity contribution in [2.75, 3.05) is 18.4 Å². The van der Waals surface area contributed by atoms with Crippen molar-refractivity contribution in [3.05, 3.63) is 5.01 Å². The summed E-state index contributed by atoms with van der Waals surface area (Å²) in [4.78, 5) is 36.2. The van der Waals surface area contributed by atoms with Crippen LogP contribution in [0.4, 0.5) is 5.13 Å². The number of rotatable bonds is 3. The molecule has 1 fully saturated rings. The molecule has 1 aliphatic heterocycles.